The average molecular weight is 273 g/mol. The molecular formula is C16H23N3O. The molecule has 1 aliphatic rings. The Balaban J connectivity index is 2.15. The summed E-state index contributed by atoms with van der Waals surface area (Å²) in [5, 5.41) is 9.59. The van der Waals surface area contributed by atoms with Gasteiger partial charge in [0.2, 0.25) is 0 Å². The summed E-state index contributed by atoms with van der Waals surface area (Å²) in [6, 6.07) is 10.1. The Kier molecular flexibility index (Phi) is 5.40. The zero-order valence-electron chi connectivity index (χ0n) is 12.4. The van der Waals surface area contributed by atoms with Crippen molar-refractivity contribution in [3.8, 4) is 11.8 Å². The van der Waals surface area contributed by atoms with Crippen molar-refractivity contribution in [2.45, 2.75) is 19.9 Å². The minimum Gasteiger partial charge on any atom is -0.493 e. The maximum Gasteiger partial charge on any atom is 0.127 e. The first-order valence-corrected chi connectivity index (χ1v) is 7.37. The molecule has 0 bridgehead atoms. The second-order valence-corrected chi connectivity index (χ2v) is 4.97. The van der Waals surface area contributed by atoms with Gasteiger partial charge < -0.3 is 9.64 Å². The number of nitriles is 1. The van der Waals surface area contributed by atoms with Crippen molar-refractivity contribution in [3.05, 3.63) is 29.8 Å². The molecule has 1 fully saturated rings. The predicted molar refractivity (Wildman–Crippen MR) is 79.7 cm³/mol. The first kappa shape index (κ1) is 14.8. The number of para-hydroxylation sites is 1. The van der Waals surface area contributed by atoms with Crippen molar-refractivity contribution < 1.29 is 4.74 Å². The molecule has 0 amide bonds. The Morgan fingerprint density at radius 1 is 1.20 bits per heavy atom. The number of piperazine rings is 1. The van der Waals surface area contributed by atoms with E-state index in [9.17, 15) is 5.26 Å². The van der Waals surface area contributed by atoms with Crippen molar-refractivity contribution in [3.63, 3.8) is 0 Å². The van der Waals surface area contributed by atoms with Gasteiger partial charge in [0.05, 0.1) is 12.7 Å². The lowest BCUT2D eigenvalue weighted by Gasteiger charge is -2.36. The van der Waals surface area contributed by atoms with Gasteiger partial charge in [-0.05, 0) is 19.5 Å². The van der Waals surface area contributed by atoms with Crippen LogP contribution in [0.4, 0.5) is 0 Å². The minimum atomic E-state index is -0.211. The molecule has 1 aliphatic heterocycles. The topological polar surface area (TPSA) is 39.5 Å². The molecule has 1 atom stereocenters. The summed E-state index contributed by atoms with van der Waals surface area (Å²) in [7, 11) is 0. The zero-order valence-corrected chi connectivity index (χ0v) is 12.4. The van der Waals surface area contributed by atoms with Crippen LogP contribution in [0, 0.1) is 11.3 Å². The number of likely N-dealkylation sites (N-methyl/N-ethyl adjacent to an activating group) is 1. The summed E-state index contributed by atoms with van der Waals surface area (Å²) in [5.41, 5.74) is 0.988. The summed E-state index contributed by atoms with van der Waals surface area (Å²) >= 11 is 0. The van der Waals surface area contributed by atoms with E-state index in [1.807, 2.05) is 31.2 Å². The third kappa shape index (κ3) is 3.30. The van der Waals surface area contributed by atoms with Crippen LogP contribution >= 0.6 is 0 Å². The number of hydrogen-bond donors (Lipinski definition) is 0. The first-order valence-electron chi connectivity index (χ1n) is 7.37. The Hall–Kier alpha value is -1.57. The number of ether oxygens (including phenoxy) is 1. The lowest BCUT2D eigenvalue weighted by Crippen LogP contribution is -2.47. The molecule has 0 aromatic heterocycles. The quantitative estimate of drug-likeness (QED) is 0.825. The highest BCUT2D eigenvalue weighted by Gasteiger charge is 2.26. The zero-order chi connectivity index (χ0) is 14.4. The van der Waals surface area contributed by atoms with E-state index in [1.165, 1.54) is 0 Å². The Labute approximate surface area is 121 Å². The first-order chi connectivity index (χ1) is 9.80. The fourth-order valence-corrected chi connectivity index (χ4v) is 2.68. The lowest BCUT2D eigenvalue weighted by molar-refractivity contribution is 0.117. The second-order valence-electron chi connectivity index (χ2n) is 4.97. The highest BCUT2D eigenvalue weighted by molar-refractivity contribution is 5.38. The average Bonchev–Trinajstić information content (AvgIpc) is 2.51. The van der Waals surface area contributed by atoms with Gasteiger partial charge in [0.25, 0.3) is 0 Å². The van der Waals surface area contributed by atoms with Crippen molar-refractivity contribution >= 4 is 0 Å². The van der Waals surface area contributed by atoms with Crippen LogP contribution in [0.2, 0.25) is 0 Å². The predicted octanol–water partition coefficient (Wildman–Crippen LogP) is 2.29. The Bertz CT molecular complexity index is 461. The van der Waals surface area contributed by atoms with Crippen LogP contribution in [0.1, 0.15) is 25.5 Å². The van der Waals surface area contributed by atoms with Gasteiger partial charge in [-0.2, -0.15) is 5.26 Å². The van der Waals surface area contributed by atoms with Gasteiger partial charge in [-0.3, -0.25) is 4.90 Å². The highest BCUT2D eigenvalue weighted by Crippen LogP contribution is 2.29. The molecule has 2 rings (SSSR count). The maximum absolute atomic E-state index is 9.59. The Morgan fingerprint density at radius 2 is 1.90 bits per heavy atom. The van der Waals surface area contributed by atoms with Crippen LogP contribution in [0.25, 0.3) is 0 Å². The molecule has 1 unspecified atom stereocenters. The van der Waals surface area contributed by atoms with Gasteiger partial charge in [-0.25, -0.2) is 0 Å². The number of nitrogens with zero attached hydrogens (tertiary/aromatic N) is 3. The molecule has 108 valence electrons. The lowest BCUT2D eigenvalue weighted by atomic mass is 10.0. The van der Waals surface area contributed by atoms with Gasteiger partial charge in [-0.1, -0.05) is 25.1 Å². The molecule has 1 saturated heterocycles. The van der Waals surface area contributed by atoms with E-state index in [2.05, 4.69) is 22.8 Å². The van der Waals surface area contributed by atoms with E-state index < -0.39 is 0 Å². The third-order valence-electron chi connectivity index (χ3n) is 3.85. The van der Waals surface area contributed by atoms with Crippen molar-refractivity contribution in [1.82, 2.24) is 9.80 Å². The number of hydrogen-bond acceptors (Lipinski definition) is 4. The van der Waals surface area contributed by atoms with Crippen LogP contribution < -0.4 is 4.74 Å². The number of rotatable bonds is 5. The molecule has 1 aromatic carbocycles. The van der Waals surface area contributed by atoms with Crippen LogP contribution in [0.5, 0.6) is 5.75 Å². The molecule has 0 N–H and O–H groups in total. The van der Waals surface area contributed by atoms with E-state index in [1.54, 1.807) is 0 Å². The van der Waals surface area contributed by atoms with Gasteiger partial charge in [0, 0.05) is 31.7 Å². The molecule has 4 nitrogen and oxygen atoms in total. The second kappa shape index (κ2) is 7.28. The summed E-state index contributed by atoms with van der Waals surface area (Å²) < 4.78 is 5.66. The maximum atomic E-state index is 9.59. The fraction of sp³-hybridized carbons (Fsp3) is 0.562. The smallest absolute Gasteiger partial charge is 0.127 e. The summed E-state index contributed by atoms with van der Waals surface area (Å²) in [6.45, 7) is 9.80. The number of benzene rings is 1. The van der Waals surface area contributed by atoms with E-state index in [4.69, 9.17) is 4.74 Å². The van der Waals surface area contributed by atoms with Gasteiger partial charge in [0.1, 0.15) is 11.8 Å². The molecule has 1 aromatic rings. The van der Waals surface area contributed by atoms with Crippen molar-refractivity contribution in [2.24, 2.45) is 0 Å². The molecule has 1 heterocycles. The molecule has 0 aliphatic carbocycles. The largest absolute Gasteiger partial charge is 0.493 e. The summed E-state index contributed by atoms with van der Waals surface area (Å²) in [5.74, 6) is 0.833. The molecule has 0 saturated carbocycles. The molecular weight excluding hydrogens is 250 g/mol. The Morgan fingerprint density at radius 3 is 2.50 bits per heavy atom. The van der Waals surface area contributed by atoms with E-state index in [-0.39, 0.29) is 6.04 Å². The van der Waals surface area contributed by atoms with Crippen molar-refractivity contribution in [1.29, 1.82) is 5.26 Å². The highest BCUT2D eigenvalue weighted by atomic mass is 16.5. The minimum absolute atomic E-state index is 0.211. The fourth-order valence-electron chi connectivity index (χ4n) is 2.68. The standard InChI is InChI=1S/C16H23N3O/c1-3-18-9-11-19(12-10-18)15(13-17)14-7-5-6-8-16(14)20-4-2/h5-8,15H,3-4,9-12H2,1-2H3. The third-order valence-corrected chi connectivity index (χ3v) is 3.85. The monoisotopic (exact) mass is 273 g/mol. The molecule has 4 heteroatoms. The van der Waals surface area contributed by atoms with Crippen molar-refractivity contribution in [2.75, 3.05) is 39.3 Å². The van der Waals surface area contributed by atoms with Crippen LogP contribution in [0.3, 0.4) is 0 Å². The molecule has 0 spiro atoms. The normalized spacial score (nSPS) is 18.4. The molecule has 20 heavy (non-hydrogen) atoms. The van der Waals surface area contributed by atoms with E-state index in [0.29, 0.717) is 6.61 Å². The molecule has 0 radical (unpaired) electrons. The van der Waals surface area contributed by atoms with E-state index >= 15 is 0 Å². The van der Waals surface area contributed by atoms with Gasteiger partial charge >= 0.3 is 0 Å². The summed E-state index contributed by atoms with van der Waals surface area (Å²) in [6.07, 6.45) is 0. The van der Waals surface area contributed by atoms with Crippen LogP contribution in [-0.4, -0.2) is 49.1 Å². The van der Waals surface area contributed by atoms with Gasteiger partial charge in [0.15, 0.2) is 0 Å². The van der Waals surface area contributed by atoms with E-state index in [0.717, 1.165) is 44.0 Å². The van der Waals surface area contributed by atoms with Gasteiger partial charge in [-0.15, -0.1) is 0 Å². The van der Waals surface area contributed by atoms with Crippen LogP contribution in [-0.2, 0) is 0 Å². The van der Waals surface area contributed by atoms with Crippen LogP contribution in [0.15, 0.2) is 24.3 Å². The SMILES string of the molecule is CCOc1ccccc1C(C#N)N1CCN(CC)CC1. The summed E-state index contributed by atoms with van der Waals surface area (Å²) in [4.78, 5) is 4.67.